The lowest BCUT2D eigenvalue weighted by atomic mass is 10.0. The second kappa shape index (κ2) is 6.10. The third-order valence-corrected chi connectivity index (χ3v) is 4.72. The summed E-state index contributed by atoms with van der Waals surface area (Å²) < 4.78 is 10.6. The Balaban J connectivity index is 1.94. The van der Waals surface area contributed by atoms with Crippen LogP contribution in [-0.4, -0.2) is 48.5 Å². The van der Waals surface area contributed by atoms with Crippen molar-refractivity contribution in [3.63, 3.8) is 0 Å². The summed E-state index contributed by atoms with van der Waals surface area (Å²) in [6.07, 6.45) is 2.33. The van der Waals surface area contributed by atoms with Gasteiger partial charge in [0.1, 0.15) is 6.04 Å². The van der Waals surface area contributed by atoms with Gasteiger partial charge in [-0.05, 0) is 37.0 Å². The molecular formula is C17H22N2O4. The standard InChI is InChI=1S/C17H22N2O4/c1-4-12(11-7-8-14(22-2)15(10-11)23-3)19-16(20)13-6-5-9-18(13)17(19)21/h7-8,10,12-13H,4-6,9H2,1-3H3/t12-,13-/m1/s1. The van der Waals surface area contributed by atoms with Gasteiger partial charge in [-0.3, -0.25) is 9.69 Å². The smallest absolute Gasteiger partial charge is 0.328 e. The van der Waals surface area contributed by atoms with Gasteiger partial charge in [-0.1, -0.05) is 13.0 Å². The van der Waals surface area contributed by atoms with E-state index in [4.69, 9.17) is 9.47 Å². The maximum absolute atomic E-state index is 12.7. The largest absolute Gasteiger partial charge is 0.493 e. The molecule has 2 atom stereocenters. The summed E-state index contributed by atoms with van der Waals surface area (Å²) in [5, 5.41) is 0. The molecule has 3 rings (SSSR count). The molecule has 2 heterocycles. The Morgan fingerprint density at radius 2 is 1.96 bits per heavy atom. The fraction of sp³-hybridized carbons (Fsp3) is 0.529. The van der Waals surface area contributed by atoms with Gasteiger partial charge in [0.15, 0.2) is 11.5 Å². The van der Waals surface area contributed by atoms with E-state index in [1.165, 1.54) is 4.90 Å². The fourth-order valence-electron chi connectivity index (χ4n) is 3.56. The molecular weight excluding hydrogens is 296 g/mol. The van der Waals surface area contributed by atoms with Crippen molar-refractivity contribution in [1.82, 2.24) is 9.80 Å². The fourth-order valence-corrected chi connectivity index (χ4v) is 3.56. The normalized spacial score (nSPS) is 21.6. The number of urea groups is 1. The van der Waals surface area contributed by atoms with Gasteiger partial charge in [0.05, 0.1) is 20.3 Å². The number of rotatable bonds is 5. The predicted molar refractivity (Wildman–Crippen MR) is 84.5 cm³/mol. The van der Waals surface area contributed by atoms with Crippen LogP contribution < -0.4 is 9.47 Å². The number of carbonyl (C=O) groups is 2. The summed E-state index contributed by atoms with van der Waals surface area (Å²) >= 11 is 0. The second-order valence-electron chi connectivity index (χ2n) is 5.88. The number of benzene rings is 1. The van der Waals surface area contributed by atoms with Crippen LogP contribution in [0.4, 0.5) is 4.79 Å². The zero-order valence-electron chi connectivity index (χ0n) is 13.7. The number of hydrogen-bond donors (Lipinski definition) is 0. The Hall–Kier alpha value is -2.24. The van der Waals surface area contributed by atoms with Crippen molar-refractivity contribution in [2.45, 2.75) is 38.3 Å². The van der Waals surface area contributed by atoms with Crippen molar-refractivity contribution in [3.8, 4) is 11.5 Å². The van der Waals surface area contributed by atoms with Crippen molar-refractivity contribution in [3.05, 3.63) is 23.8 Å². The van der Waals surface area contributed by atoms with Crippen molar-refractivity contribution < 1.29 is 19.1 Å². The molecule has 1 aromatic rings. The first-order valence-corrected chi connectivity index (χ1v) is 7.98. The predicted octanol–water partition coefficient (Wildman–Crippen LogP) is 2.58. The van der Waals surface area contributed by atoms with Crippen molar-refractivity contribution in [2.24, 2.45) is 0 Å². The molecule has 124 valence electrons. The highest BCUT2D eigenvalue weighted by Gasteiger charge is 2.49. The molecule has 0 saturated carbocycles. The highest BCUT2D eigenvalue weighted by Crippen LogP contribution is 2.38. The number of fused-ring (bicyclic) bond motifs is 1. The lowest BCUT2D eigenvalue weighted by molar-refractivity contribution is -0.129. The van der Waals surface area contributed by atoms with Gasteiger partial charge in [-0.25, -0.2) is 4.79 Å². The van der Waals surface area contributed by atoms with Crippen molar-refractivity contribution in [2.75, 3.05) is 20.8 Å². The Morgan fingerprint density at radius 3 is 2.57 bits per heavy atom. The number of nitrogens with zero attached hydrogens (tertiary/aromatic N) is 2. The van der Waals surface area contributed by atoms with Crippen LogP contribution in [0.15, 0.2) is 18.2 Å². The first-order chi connectivity index (χ1) is 11.1. The minimum absolute atomic E-state index is 0.0749. The van der Waals surface area contributed by atoms with Crippen LogP contribution in [0.1, 0.15) is 37.8 Å². The van der Waals surface area contributed by atoms with Crippen LogP contribution in [0.5, 0.6) is 11.5 Å². The van der Waals surface area contributed by atoms with E-state index in [2.05, 4.69) is 0 Å². The lowest BCUT2D eigenvalue weighted by Crippen LogP contribution is -2.36. The number of amides is 3. The van der Waals surface area contributed by atoms with E-state index >= 15 is 0 Å². The molecule has 23 heavy (non-hydrogen) atoms. The monoisotopic (exact) mass is 318 g/mol. The SMILES string of the molecule is CC[C@H](c1ccc(OC)c(OC)c1)N1C(=O)[C@H]2CCCN2C1=O. The molecule has 0 unspecified atom stereocenters. The van der Waals surface area contributed by atoms with Gasteiger partial charge in [0, 0.05) is 6.54 Å². The average Bonchev–Trinajstić information content (AvgIpc) is 3.14. The summed E-state index contributed by atoms with van der Waals surface area (Å²) in [7, 11) is 3.15. The van der Waals surface area contributed by atoms with Crippen LogP contribution in [0.25, 0.3) is 0 Å². The Bertz CT molecular complexity index is 609. The molecule has 0 N–H and O–H groups in total. The van der Waals surface area contributed by atoms with E-state index in [0.717, 1.165) is 18.4 Å². The quantitative estimate of drug-likeness (QED) is 0.783. The molecule has 6 nitrogen and oxygen atoms in total. The maximum Gasteiger partial charge on any atom is 0.328 e. The van der Waals surface area contributed by atoms with E-state index in [-0.39, 0.29) is 24.0 Å². The molecule has 6 heteroatoms. The van der Waals surface area contributed by atoms with Crippen LogP contribution in [0.3, 0.4) is 0 Å². The number of ether oxygens (including phenoxy) is 2. The number of hydrogen-bond acceptors (Lipinski definition) is 4. The van der Waals surface area contributed by atoms with Crippen LogP contribution >= 0.6 is 0 Å². The molecule has 0 spiro atoms. The summed E-state index contributed by atoms with van der Waals surface area (Å²) in [6, 6.07) is 4.83. The summed E-state index contributed by atoms with van der Waals surface area (Å²) in [5.41, 5.74) is 0.882. The molecule has 0 radical (unpaired) electrons. The van der Waals surface area contributed by atoms with E-state index in [9.17, 15) is 9.59 Å². The summed E-state index contributed by atoms with van der Waals surface area (Å²) in [5.74, 6) is 1.16. The van der Waals surface area contributed by atoms with Gasteiger partial charge < -0.3 is 14.4 Å². The minimum atomic E-state index is -0.277. The van der Waals surface area contributed by atoms with Gasteiger partial charge >= 0.3 is 6.03 Å². The maximum atomic E-state index is 12.7. The number of carbonyl (C=O) groups excluding carboxylic acids is 2. The summed E-state index contributed by atoms with van der Waals surface area (Å²) in [4.78, 5) is 28.4. The highest BCUT2D eigenvalue weighted by molar-refractivity contribution is 6.05. The van der Waals surface area contributed by atoms with Crippen molar-refractivity contribution in [1.29, 1.82) is 0 Å². The Kier molecular flexibility index (Phi) is 4.15. The molecule has 3 amide bonds. The van der Waals surface area contributed by atoms with E-state index in [1.807, 2.05) is 25.1 Å². The highest BCUT2D eigenvalue weighted by atomic mass is 16.5. The first kappa shape index (κ1) is 15.6. The Morgan fingerprint density at radius 1 is 1.22 bits per heavy atom. The molecule has 0 aromatic heterocycles. The van der Waals surface area contributed by atoms with Gasteiger partial charge in [-0.15, -0.1) is 0 Å². The first-order valence-electron chi connectivity index (χ1n) is 7.98. The van der Waals surface area contributed by atoms with Crippen molar-refractivity contribution >= 4 is 11.9 Å². The van der Waals surface area contributed by atoms with E-state index < -0.39 is 0 Å². The lowest BCUT2D eigenvalue weighted by Gasteiger charge is -2.26. The van der Waals surface area contributed by atoms with Crippen LogP contribution in [0.2, 0.25) is 0 Å². The molecule has 0 aliphatic carbocycles. The molecule has 2 fully saturated rings. The second-order valence-corrected chi connectivity index (χ2v) is 5.88. The zero-order chi connectivity index (χ0) is 16.6. The molecule has 2 aliphatic heterocycles. The van der Waals surface area contributed by atoms with E-state index in [0.29, 0.717) is 24.5 Å². The third-order valence-electron chi connectivity index (χ3n) is 4.72. The van der Waals surface area contributed by atoms with E-state index in [1.54, 1.807) is 19.1 Å². The van der Waals surface area contributed by atoms with Gasteiger partial charge in [0.25, 0.3) is 5.91 Å². The minimum Gasteiger partial charge on any atom is -0.493 e. The molecule has 1 aromatic carbocycles. The summed E-state index contributed by atoms with van der Waals surface area (Å²) in [6.45, 7) is 2.65. The average molecular weight is 318 g/mol. The number of imide groups is 1. The van der Waals surface area contributed by atoms with Crippen LogP contribution in [-0.2, 0) is 4.79 Å². The van der Waals surface area contributed by atoms with Crippen LogP contribution in [0, 0.1) is 0 Å². The molecule has 0 bridgehead atoms. The zero-order valence-corrected chi connectivity index (χ0v) is 13.7. The third kappa shape index (κ3) is 2.42. The van der Waals surface area contributed by atoms with Gasteiger partial charge in [-0.2, -0.15) is 0 Å². The number of methoxy groups -OCH3 is 2. The topological polar surface area (TPSA) is 59.1 Å². The molecule has 2 aliphatic rings. The Labute approximate surface area is 136 Å². The van der Waals surface area contributed by atoms with Gasteiger partial charge in [0.2, 0.25) is 0 Å². The molecule has 2 saturated heterocycles.